The van der Waals surface area contributed by atoms with Gasteiger partial charge < -0.3 is 24.8 Å². The van der Waals surface area contributed by atoms with E-state index in [1.807, 2.05) is 44.2 Å². The van der Waals surface area contributed by atoms with E-state index in [-0.39, 0.29) is 13.1 Å². The summed E-state index contributed by atoms with van der Waals surface area (Å²) < 4.78 is 12.3. The first-order valence-electron chi connectivity index (χ1n) is 9.67. The molecule has 0 fully saturated rings. The molecule has 0 atom stereocenters. The quantitative estimate of drug-likeness (QED) is 0.555. The van der Waals surface area contributed by atoms with Crippen LogP contribution in [-0.4, -0.2) is 48.8 Å². The summed E-state index contributed by atoms with van der Waals surface area (Å²) in [6, 6.07) is 14.8. The van der Waals surface area contributed by atoms with E-state index in [4.69, 9.17) is 26.2 Å². The molecule has 7 nitrogen and oxygen atoms in total. The molecule has 30 heavy (non-hydrogen) atoms. The van der Waals surface area contributed by atoms with Crippen LogP contribution in [0.25, 0.3) is 0 Å². The minimum absolute atomic E-state index is 0.160. The standard InChI is InChI=1S/C22H27ClN2O5/c1-4-29-22(30-5-2,17-9-7-6-8-10-17)19-13-18(23)12-11-16(19)14-24-20(26)15-25(3)21(27)28/h6-13H,4-5,14-15H2,1-3H3,(H,24,26)(H,27,28). The lowest BCUT2D eigenvalue weighted by molar-refractivity contribution is -0.213. The molecule has 2 aromatic carbocycles. The highest BCUT2D eigenvalue weighted by Crippen LogP contribution is 2.38. The van der Waals surface area contributed by atoms with Crippen LogP contribution >= 0.6 is 11.6 Å². The van der Waals surface area contributed by atoms with Crippen molar-refractivity contribution >= 4 is 23.6 Å². The summed E-state index contributed by atoms with van der Waals surface area (Å²) in [5, 5.41) is 12.2. The van der Waals surface area contributed by atoms with Crippen LogP contribution in [0.3, 0.4) is 0 Å². The van der Waals surface area contributed by atoms with Crippen LogP contribution in [-0.2, 0) is 26.6 Å². The lowest BCUT2D eigenvalue weighted by atomic mass is 9.92. The highest BCUT2D eigenvalue weighted by atomic mass is 35.5. The van der Waals surface area contributed by atoms with Crippen molar-refractivity contribution in [3.8, 4) is 0 Å². The second-order valence-electron chi connectivity index (χ2n) is 6.57. The molecule has 0 aliphatic heterocycles. The molecule has 0 unspecified atom stereocenters. The molecule has 0 aliphatic carbocycles. The lowest BCUT2D eigenvalue weighted by Gasteiger charge is -2.36. The van der Waals surface area contributed by atoms with Crippen molar-refractivity contribution in [1.82, 2.24) is 10.2 Å². The van der Waals surface area contributed by atoms with E-state index in [0.29, 0.717) is 23.8 Å². The van der Waals surface area contributed by atoms with Gasteiger partial charge in [0.25, 0.3) is 0 Å². The summed E-state index contributed by atoms with van der Waals surface area (Å²) in [6.07, 6.45) is -1.17. The predicted molar refractivity (Wildman–Crippen MR) is 114 cm³/mol. The van der Waals surface area contributed by atoms with Gasteiger partial charge in [-0.05, 0) is 31.5 Å². The summed E-state index contributed by atoms with van der Waals surface area (Å²) in [6.45, 7) is 4.43. The van der Waals surface area contributed by atoms with Gasteiger partial charge in [0.05, 0.1) is 0 Å². The SMILES string of the molecule is CCOC(OCC)(c1ccccc1)c1cc(Cl)ccc1CNC(=O)CN(C)C(=O)O. The summed E-state index contributed by atoms with van der Waals surface area (Å²) in [5.41, 5.74) is 2.22. The number of carbonyl (C=O) groups excluding carboxylic acids is 1. The van der Waals surface area contributed by atoms with E-state index in [1.165, 1.54) is 7.05 Å². The second kappa shape index (κ2) is 11.0. The lowest BCUT2D eigenvalue weighted by Crippen LogP contribution is -2.39. The van der Waals surface area contributed by atoms with Crippen LogP contribution in [0.2, 0.25) is 5.02 Å². The van der Waals surface area contributed by atoms with E-state index in [0.717, 1.165) is 16.0 Å². The Balaban J connectivity index is 2.43. The van der Waals surface area contributed by atoms with Crippen LogP contribution in [0.5, 0.6) is 0 Å². The number of hydrogen-bond acceptors (Lipinski definition) is 4. The normalized spacial score (nSPS) is 11.2. The first kappa shape index (κ1) is 23.7. The average Bonchev–Trinajstić information content (AvgIpc) is 2.73. The maximum Gasteiger partial charge on any atom is 0.407 e. The molecule has 0 bridgehead atoms. The number of nitrogens with zero attached hydrogens (tertiary/aromatic N) is 1. The molecular weight excluding hydrogens is 408 g/mol. The van der Waals surface area contributed by atoms with Crippen LogP contribution in [0.15, 0.2) is 48.5 Å². The van der Waals surface area contributed by atoms with E-state index >= 15 is 0 Å². The Morgan fingerprint density at radius 3 is 2.30 bits per heavy atom. The van der Waals surface area contributed by atoms with Gasteiger partial charge in [-0.1, -0.05) is 48.0 Å². The van der Waals surface area contributed by atoms with Crippen molar-refractivity contribution in [1.29, 1.82) is 0 Å². The van der Waals surface area contributed by atoms with Crippen molar-refractivity contribution in [2.75, 3.05) is 26.8 Å². The Labute approximate surface area is 181 Å². The van der Waals surface area contributed by atoms with E-state index in [2.05, 4.69) is 5.32 Å². The summed E-state index contributed by atoms with van der Waals surface area (Å²) in [4.78, 5) is 24.0. The van der Waals surface area contributed by atoms with Gasteiger partial charge in [-0.3, -0.25) is 4.79 Å². The summed E-state index contributed by atoms with van der Waals surface area (Å²) in [5.74, 6) is -1.62. The molecule has 2 N–H and O–H groups in total. The van der Waals surface area contributed by atoms with Gasteiger partial charge in [0, 0.05) is 43.0 Å². The predicted octanol–water partition coefficient (Wildman–Crippen LogP) is 3.84. The molecule has 0 aromatic heterocycles. The Hall–Kier alpha value is -2.61. The minimum atomic E-state index is -1.20. The monoisotopic (exact) mass is 434 g/mol. The molecule has 2 rings (SSSR count). The molecule has 0 saturated heterocycles. The molecule has 0 heterocycles. The summed E-state index contributed by atoms with van der Waals surface area (Å²) >= 11 is 6.31. The number of likely N-dealkylation sites (N-methyl/N-ethyl adjacent to an activating group) is 1. The summed E-state index contributed by atoms with van der Waals surface area (Å²) in [7, 11) is 1.33. The van der Waals surface area contributed by atoms with Crippen LogP contribution in [0.1, 0.15) is 30.5 Å². The average molecular weight is 435 g/mol. The van der Waals surface area contributed by atoms with E-state index < -0.39 is 17.8 Å². The van der Waals surface area contributed by atoms with Crippen LogP contribution in [0.4, 0.5) is 4.79 Å². The minimum Gasteiger partial charge on any atom is -0.465 e. The molecular formula is C22H27ClN2O5. The highest BCUT2D eigenvalue weighted by Gasteiger charge is 2.38. The van der Waals surface area contributed by atoms with Gasteiger partial charge >= 0.3 is 6.09 Å². The third kappa shape index (κ3) is 5.72. The Morgan fingerprint density at radius 2 is 1.73 bits per heavy atom. The first-order valence-corrected chi connectivity index (χ1v) is 10.0. The zero-order valence-electron chi connectivity index (χ0n) is 17.4. The Kier molecular flexibility index (Phi) is 8.65. The van der Waals surface area contributed by atoms with Gasteiger partial charge in [0.15, 0.2) is 0 Å². The zero-order chi connectivity index (χ0) is 22.1. The van der Waals surface area contributed by atoms with Crippen molar-refractivity contribution in [2.24, 2.45) is 0 Å². The first-order chi connectivity index (χ1) is 14.3. The largest absolute Gasteiger partial charge is 0.465 e. The van der Waals surface area contributed by atoms with Crippen molar-refractivity contribution in [3.63, 3.8) is 0 Å². The highest BCUT2D eigenvalue weighted by molar-refractivity contribution is 6.30. The fraction of sp³-hybridized carbons (Fsp3) is 0.364. The fourth-order valence-electron chi connectivity index (χ4n) is 3.13. The molecule has 2 aromatic rings. The smallest absolute Gasteiger partial charge is 0.407 e. The number of benzene rings is 2. The number of rotatable bonds is 10. The van der Waals surface area contributed by atoms with Gasteiger partial charge in [-0.25, -0.2) is 4.79 Å². The maximum atomic E-state index is 12.2. The van der Waals surface area contributed by atoms with Gasteiger partial charge in [0.2, 0.25) is 11.7 Å². The number of halogens is 1. The molecule has 0 saturated carbocycles. The second-order valence-corrected chi connectivity index (χ2v) is 7.00. The van der Waals surface area contributed by atoms with Crippen LogP contribution < -0.4 is 5.32 Å². The molecule has 0 aliphatic rings. The topological polar surface area (TPSA) is 88.1 Å². The van der Waals surface area contributed by atoms with Gasteiger partial charge in [0.1, 0.15) is 6.54 Å². The fourth-order valence-corrected chi connectivity index (χ4v) is 3.30. The Bertz CT molecular complexity index is 854. The van der Waals surface area contributed by atoms with E-state index in [1.54, 1.807) is 18.2 Å². The van der Waals surface area contributed by atoms with Crippen LogP contribution in [0, 0.1) is 0 Å². The Morgan fingerprint density at radius 1 is 1.10 bits per heavy atom. The van der Waals surface area contributed by atoms with Gasteiger partial charge in [-0.15, -0.1) is 0 Å². The number of nitrogens with one attached hydrogen (secondary N) is 1. The third-order valence-corrected chi connectivity index (χ3v) is 4.69. The molecule has 8 heteroatoms. The van der Waals surface area contributed by atoms with Crippen molar-refractivity contribution < 1.29 is 24.2 Å². The number of amides is 2. The number of hydrogen-bond donors (Lipinski definition) is 2. The molecule has 162 valence electrons. The maximum absolute atomic E-state index is 12.2. The third-order valence-electron chi connectivity index (χ3n) is 4.46. The number of carbonyl (C=O) groups is 2. The molecule has 0 radical (unpaired) electrons. The van der Waals surface area contributed by atoms with E-state index in [9.17, 15) is 9.59 Å². The van der Waals surface area contributed by atoms with Crippen molar-refractivity contribution in [2.45, 2.75) is 26.2 Å². The number of ether oxygens (including phenoxy) is 2. The van der Waals surface area contributed by atoms with Crippen molar-refractivity contribution in [3.05, 3.63) is 70.2 Å². The van der Waals surface area contributed by atoms with Gasteiger partial charge in [-0.2, -0.15) is 0 Å². The number of carboxylic acid groups (broad SMARTS) is 1. The zero-order valence-corrected chi connectivity index (χ0v) is 18.1. The molecule has 2 amide bonds. The molecule has 0 spiro atoms.